The molecule has 0 bridgehead atoms. The maximum Gasteiger partial charge on any atom is 0.573 e. The van der Waals surface area contributed by atoms with Gasteiger partial charge in [-0.2, -0.15) is 0 Å². The summed E-state index contributed by atoms with van der Waals surface area (Å²) in [6.45, 7) is 2.14. The average Bonchev–Trinajstić information content (AvgIpc) is 2.35. The second-order valence-corrected chi connectivity index (χ2v) is 3.87. The van der Waals surface area contributed by atoms with Gasteiger partial charge in [0, 0.05) is 13.1 Å². The first-order valence-electron chi connectivity index (χ1n) is 5.87. The third-order valence-corrected chi connectivity index (χ3v) is 2.29. The van der Waals surface area contributed by atoms with Gasteiger partial charge in [0.2, 0.25) is 0 Å². The van der Waals surface area contributed by atoms with Gasteiger partial charge in [-0.3, -0.25) is 0 Å². The minimum Gasteiger partial charge on any atom is -0.406 e. The number of amides is 2. The predicted molar refractivity (Wildman–Crippen MR) is 65.2 cm³/mol. The van der Waals surface area contributed by atoms with E-state index in [4.69, 9.17) is 0 Å². The normalized spacial score (nSPS) is 12.7. The summed E-state index contributed by atoms with van der Waals surface area (Å²) in [5.41, 5.74) is 0.372. The van der Waals surface area contributed by atoms with Crippen LogP contribution in [-0.2, 0) is 0 Å². The van der Waals surface area contributed by atoms with Gasteiger partial charge in [-0.15, -0.1) is 13.2 Å². The lowest BCUT2D eigenvalue weighted by atomic mass is 10.1. The molecule has 0 radical (unpaired) electrons. The van der Waals surface area contributed by atoms with Gasteiger partial charge < -0.3 is 20.5 Å². The molecule has 1 aromatic rings. The number of carbonyl (C=O) groups is 1. The van der Waals surface area contributed by atoms with E-state index in [1.54, 1.807) is 6.92 Å². The molecule has 0 aliphatic carbocycles. The summed E-state index contributed by atoms with van der Waals surface area (Å²) in [5, 5.41) is 14.7. The fourth-order valence-electron chi connectivity index (χ4n) is 1.42. The van der Waals surface area contributed by atoms with Crippen LogP contribution in [0.15, 0.2) is 24.3 Å². The summed E-state index contributed by atoms with van der Waals surface area (Å²) in [7, 11) is 0. The van der Waals surface area contributed by atoms with Crippen LogP contribution < -0.4 is 15.4 Å². The van der Waals surface area contributed by atoms with Crippen molar-refractivity contribution in [2.45, 2.75) is 19.4 Å². The molecule has 3 N–H and O–H groups in total. The first-order chi connectivity index (χ1) is 9.31. The Kier molecular flexibility index (Phi) is 5.63. The molecule has 0 saturated carbocycles. The van der Waals surface area contributed by atoms with Crippen LogP contribution in [0, 0.1) is 0 Å². The Morgan fingerprint density at radius 1 is 1.30 bits per heavy atom. The molecule has 0 aromatic heterocycles. The topological polar surface area (TPSA) is 70.6 Å². The van der Waals surface area contributed by atoms with Crippen molar-refractivity contribution in [1.29, 1.82) is 0 Å². The van der Waals surface area contributed by atoms with Crippen LogP contribution in [0.3, 0.4) is 0 Å². The average molecular weight is 292 g/mol. The Morgan fingerprint density at radius 2 is 1.90 bits per heavy atom. The smallest absolute Gasteiger partial charge is 0.406 e. The molecule has 8 heteroatoms. The second-order valence-electron chi connectivity index (χ2n) is 3.87. The van der Waals surface area contributed by atoms with Crippen molar-refractivity contribution in [2.24, 2.45) is 0 Å². The Hall–Kier alpha value is -1.96. The first-order valence-corrected chi connectivity index (χ1v) is 5.87. The Balaban J connectivity index is 2.53. The third-order valence-electron chi connectivity index (χ3n) is 2.29. The highest BCUT2D eigenvalue weighted by Gasteiger charge is 2.31. The number of carbonyl (C=O) groups excluding carboxylic acids is 1. The number of alkyl halides is 3. The summed E-state index contributed by atoms with van der Waals surface area (Å²) in [5.74, 6) is -0.370. The molecule has 0 saturated heterocycles. The molecule has 0 spiro atoms. The maximum atomic E-state index is 12.0. The molecule has 1 atom stereocenters. The molecule has 0 fully saturated rings. The lowest BCUT2D eigenvalue weighted by Crippen LogP contribution is -2.37. The number of ether oxygens (including phenoxy) is 1. The number of hydrogen-bond acceptors (Lipinski definition) is 3. The molecule has 1 rings (SSSR count). The van der Waals surface area contributed by atoms with Crippen molar-refractivity contribution in [2.75, 3.05) is 13.1 Å². The minimum absolute atomic E-state index is 0.0503. The summed E-state index contributed by atoms with van der Waals surface area (Å²) in [4.78, 5) is 11.1. The molecule has 20 heavy (non-hydrogen) atoms. The van der Waals surface area contributed by atoms with Crippen LogP contribution in [0.2, 0.25) is 0 Å². The van der Waals surface area contributed by atoms with Gasteiger partial charge in [-0.1, -0.05) is 12.1 Å². The van der Waals surface area contributed by atoms with Gasteiger partial charge in [0.25, 0.3) is 0 Å². The lowest BCUT2D eigenvalue weighted by molar-refractivity contribution is -0.274. The summed E-state index contributed by atoms with van der Waals surface area (Å²) < 4.78 is 39.6. The zero-order valence-corrected chi connectivity index (χ0v) is 10.7. The Bertz CT molecular complexity index is 435. The Labute approximate surface area is 113 Å². The number of benzene rings is 1. The van der Waals surface area contributed by atoms with E-state index >= 15 is 0 Å². The van der Waals surface area contributed by atoms with E-state index in [1.165, 1.54) is 12.1 Å². The molecule has 5 nitrogen and oxygen atoms in total. The zero-order chi connectivity index (χ0) is 15.2. The highest BCUT2D eigenvalue weighted by molar-refractivity contribution is 5.73. The number of nitrogens with one attached hydrogen (secondary N) is 2. The van der Waals surface area contributed by atoms with E-state index in [0.717, 1.165) is 12.1 Å². The third kappa shape index (κ3) is 5.79. The largest absolute Gasteiger partial charge is 0.573 e. The van der Waals surface area contributed by atoms with Crippen molar-refractivity contribution >= 4 is 6.03 Å². The van der Waals surface area contributed by atoms with Crippen LogP contribution in [0.4, 0.5) is 18.0 Å². The van der Waals surface area contributed by atoms with E-state index in [1.807, 2.05) is 0 Å². The second kappa shape index (κ2) is 6.99. The highest BCUT2D eigenvalue weighted by atomic mass is 19.4. The molecule has 0 aliphatic heterocycles. The molecule has 0 aliphatic rings. The van der Waals surface area contributed by atoms with Gasteiger partial charge in [0.05, 0.1) is 6.10 Å². The van der Waals surface area contributed by atoms with Gasteiger partial charge in [0.1, 0.15) is 5.75 Å². The highest BCUT2D eigenvalue weighted by Crippen LogP contribution is 2.24. The van der Waals surface area contributed by atoms with E-state index < -0.39 is 18.5 Å². The number of aliphatic hydroxyl groups is 1. The Morgan fingerprint density at radius 3 is 2.40 bits per heavy atom. The van der Waals surface area contributed by atoms with E-state index in [9.17, 15) is 23.1 Å². The van der Waals surface area contributed by atoms with Crippen molar-refractivity contribution in [3.63, 3.8) is 0 Å². The molecule has 2 amide bonds. The number of urea groups is 1. The number of aliphatic hydroxyl groups excluding tert-OH is 1. The quantitative estimate of drug-likeness (QED) is 0.776. The maximum absolute atomic E-state index is 12.0. The SMILES string of the molecule is CCNC(=O)NC[C@@H](O)c1ccc(OC(F)(F)F)cc1. The van der Waals surface area contributed by atoms with Crippen LogP contribution in [0.1, 0.15) is 18.6 Å². The molecule has 1 aromatic carbocycles. The van der Waals surface area contributed by atoms with Gasteiger partial charge >= 0.3 is 12.4 Å². The van der Waals surface area contributed by atoms with Crippen molar-refractivity contribution in [3.8, 4) is 5.75 Å². The van der Waals surface area contributed by atoms with Crippen molar-refractivity contribution in [3.05, 3.63) is 29.8 Å². The van der Waals surface area contributed by atoms with E-state index in [2.05, 4.69) is 15.4 Å². The molecule has 0 heterocycles. The lowest BCUT2D eigenvalue weighted by Gasteiger charge is -2.14. The van der Waals surface area contributed by atoms with Gasteiger partial charge in [-0.25, -0.2) is 4.79 Å². The van der Waals surface area contributed by atoms with Crippen molar-refractivity contribution in [1.82, 2.24) is 10.6 Å². The van der Waals surface area contributed by atoms with Crippen LogP contribution >= 0.6 is 0 Å². The van der Waals surface area contributed by atoms with Crippen LogP contribution in [0.25, 0.3) is 0 Å². The summed E-state index contributed by atoms with van der Waals surface area (Å²) >= 11 is 0. The summed E-state index contributed by atoms with van der Waals surface area (Å²) in [6.07, 6.45) is -5.77. The van der Waals surface area contributed by atoms with E-state index in [-0.39, 0.29) is 12.3 Å². The van der Waals surface area contributed by atoms with E-state index in [0.29, 0.717) is 12.1 Å². The molecular weight excluding hydrogens is 277 g/mol. The van der Waals surface area contributed by atoms with Crippen LogP contribution in [-0.4, -0.2) is 30.6 Å². The zero-order valence-electron chi connectivity index (χ0n) is 10.7. The molecule has 0 unspecified atom stereocenters. The number of rotatable bonds is 5. The standard InChI is InChI=1S/C12H15F3N2O3/c1-2-16-11(19)17-7-10(18)8-3-5-9(6-4-8)20-12(13,14)15/h3-6,10,18H,2,7H2,1H3,(H2,16,17,19)/t10-/m1/s1. The fraction of sp³-hybridized carbons (Fsp3) is 0.417. The molecular formula is C12H15F3N2O3. The fourth-order valence-corrected chi connectivity index (χ4v) is 1.42. The molecule has 112 valence electrons. The van der Waals surface area contributed by atoms with Crippen molar-refractivity contribution < 1.29 is 27.8 Å². The van der Waals surface area contributed by atoms with Crippen LogP contribution in [0.5, 0.6) is 5.75 Å². The van der Waals surface area contributed by atoms with Gasteiger partial charge in [0.15, 0.2) is 0 Å². The monoisotopic (exact) mass is 292 g/mol. The summed E-state index contributed by atoms with van der Waals surface area (Å²) in [6, 6.07) is 4.36. The minimum atomic E-state index is -4.75. The van der Waals surface area contributed by atoms with Gasteiger partial charge in [-0.05, 0) is 24.6 Å². The predicted octanol–water partition coefficient (Wildman–Crippen LogP) is 1.94. The number of hydrogen-bond donors (Lipinski definition) is 3. The first kappa shape index (κ1) is 16.1. The number of halogens is 3.